The fourth-order valence-corrected chi connectivity index (χ4v) is 3.39. The molecule has 0 saturated carbocycles. The zero-order valence-corrected chi connectivity index (χ0v) is 12.9. The van der Waals surface area contributed by atoms with Crippen LogP contribution in [0.4, 0.5) is 0 Å². The van der Waals surface area contributed by atoms with Crippen LogP contribution in [0.25, 0.3) is 16.6 Å². The predicted molar refractivity (Wildman–Crippen MR) is 86.8 cm³/mol. The number of halogens is 1. The summed E-state index contributed by atoms with van der Waals surface area (Å²) >= 11 is 7.28. The van der Waals surface area contributed by atoms with Gasteiger partial charge in [0.25, 0.3) is 0 Å². The van der Waals surface area contributed by atoms with Crippen molar-refractivity contribution in [3.63, 3.8) is 0 Å². The zero-order valence-electron chi connectivity index (χ0n) is 11.3. The minimum atomic E-state index is -0.920. The highest BCUT2D eigenvalue weighted by Crippen LogP contribution is 2.30. The van der Waals surface area contributed by atoms with E-state index < -0.39 is 11.4 Å². The van der Waals surface area contributed by atoms with Gasteiger partial charge in [0.05, 0.1) is 16.0 Å². The number of aromatic amines is 1. The number of nitrogens with zero attached hydrogens (tertiary/aromatic N) is 1. The normalized spacial score (nSPS) is 11.3. The summed E-state index contributed by atoms with van der Waals surface area (Å²) in [5.41, 5.74) is -0.175. The fraction of sp³-hybridized carbons (Fsp3) is 0. The molecular formula is C15H7ClN2O4S. The van der Waals surface area contributed by atoms with Crippen LogP contribution < -0.4 is 11.4 Å². The van der Waals surface area contributed by atoms with Gasteiger partial charge in [-0.3, -0.25) is 4.79 Å². The Morgan fingerprint density at radius 2 is 2.09 bits per heavy atom. The molecule has 8 heteroatoms. The molecule has 4 aromatic rings. The molecule has 0 aliphatic rings. The second-order valence-corrected chi connectivity index (χ2v) is 6.19. The third-order valence-electron chi connectivity index (χ3n) is 3.46. The van der Waals surface area contributed by atoms with Crippen molar-refractivity contribution in [1.82, 2.24) is 9.38 Å². The van der Waals surface area contributed by atoms with Crippen LogP contribution in [0.1, 0.15) is 15.2 Å². The number of hydrogen-bond donors (Lipinski definition) is 1. The van der Waals surface area contributed by atoms with Crippen LogP contribution in [-0.4, -0.2) is 15.2 Å². The number of benzene rings is 1. The lowest BCUT2D eigenvalue weighted by molar-refractivity contribution is 0.104. The summed E-state index contributed by atoms with van der Waals surface area (Å²) in [5, 5.41) is 2.63. The van der Waals surface area contributed by atoms with Crippen LogP contribution in [0.5, 0.6) is 0 Å². The van der Waals surface area contributed by atoms with Crippen molar-refractivity contribution in [2.45, 2.75) is 0 Å². The molecule has 3 heterocycles. The van der Waals surface area contributed by atoms with E-state index in [-0.39, 0.29) is 17.1 Å². The molecule has 3 aromatic heterocycles. The molecule has 0 amide bonds. The maximum Gasteiger partial charge on any atom is 0.422 e. The number of H-pyrrole nitrogens is 1. The molecule has 0 radical (unpaired) electrons. The minimum absolute atomic E-state index is 0.0885. The number of carbonyl (C=O) groups excluding carboxylic acids is 1. The average molecular weight is 347 g/mol. The molecular weight excluding hydrogens is 340 g/mol. The first kappa shape index (κ1) is 14.0. The van der Waals surface area contributed by atoms with Gasteiger partial charge in [-0.25, -0.2) is 19.0 Å². The Morgan fingerprint density at radius 3 is 2.83 bits per heavy atom. The lowest BCUT2D eigenvalue weighted by Crippen LogP contribution is -2.24. The van der Waals surface area contributed by atoms with E-state index in [0.717, 1.165) is 4.40 Å². The van der Waals surface area contributed by atoms with Crippen molar-refractivity contribution in [3.05, 3.63) is 72.2 Å². The van der Waals surface area contributed by atoms with E-state index in [1.807, 2.05) is 0 Å². The molecule has 0 bridgehead atoms. The molecule has 6 nitrogen and oxygen atoms in total. The van der Waals surface area contributed by atoms with Crippen LogP contribution in [-0.2, 0) is 0 Å². The molecule has 23 heavy (non-hydrogen) atoms. The van der Waals surface area contributed by atoms with Gasteiger partial charge < -0.3 is 4.42 Å². The third-order valence-corrected chi connectivity index (χ3v) is 4.56. The van der Waals surface area contributed by atoms with Crippen molar-refractivity contribution >= 4 is 45.3 Å². The lowest BCUT2D eigenvalue weighted by atomic mass is 10.1. The van der Waals surface area contributed by atoms with Crippen LogP contribution in [0, 0.1) is 0 Å². The van der Waals surface area contributed by atoms with E-state index in [2.05, 4.69) is 4.98 Å². The Hall–Kier alpha value is -2.64. The molecule has 0 unspecified atom stereocenters. The van der Waals surface area contributed by atoms with Crippen LogP contribution in [0.2, 0.25) is 5.02 Å². The van der Waals surface area contributed by atoms with Gasteiger partial charge in [0.15, 0.2) is 0 Å². The third kappa shape index (κ3) is 2.05. The van der Waals surface area contributed by atoms with Gasteiger partial charge in [-0.2, -0.15) is 0 Å². The molecule has 4 rings (SSSR count). The Morgan fingerprint density at radius 1 is 1.26 bits per heavy atom. The summed E-state index contributed by atoms with van der Waals surface area (Å²) in [6.07, 6.45) is 0. The van der Waals surface area contributed by atoms with Gasteiger partial charge in [0.2, 0.25) is 11.5 Å². The molecule has 1 N–H and O–H groups in total. The van der Waals surface area contributed by atoms with Crippen molar-refractivity contribution in [2.24, 2.45) is 0 Å². The molecule has 0 fully saturated rings. The van der Waals surface area contributed by atoms with E-state index in [1.54, 1.807) is 35.7 Å². The second-order valence-electron chi connectivity index (χ2n) is 4.80. The predicted octanol–water partition coefficient (Wildman–Crippen LogP) is 2.68. The molecule has 114 valence electrons. The van der Waals surface area contributed by atoms with Gasteiger partial charge in [-0.15, -0.1) is 11.3 Å². The summed E-state index contributed by atoms with van der Waals surface area (Å²) in [7, 11) is 0. The Bertz CT molecular complexity index is 1180. The van der Waals surface area contributed by atoms with Crippen molar-refractivity contribution in [1.29, 1.82) is 0 Å². The Balaban J connectivity index is 2.24. The quantitative estimate of drug-likeness (QED) is 0.565. The van der Waals surface area contributed by atoms with E-state index >= 15 is 0 Å². The summed E-state index contributed by atoms with van der Waals surface area (Å²) in [5.74, 6) is -1.25. The summed E-state index contributed by atoms with van der Waals surface area (Å²) in [6.45, 7) is 0. The van der Waals surface area contributed by atoms with E-state index in [4.69, 9.17) is 16.0 Å². The molecule has 0 spiro atoms. The minimum Gasteiger partial charge on any atom is -0.391 e. The number of hydrogen-bond acceptors (Lipinski definition) is 5. The highest BCUT2D eigenvalue weighted by molar-refractivity contribution is 7.12. The Labute approximate surface area is 136 Å². The number of thiophene rings is 1. The first-order valence-electron chi connectivity index (χ1n) is 6.51. The fourth-order valence-electron chi connectivity index (χ4n) is 2.55. The summed E-state index contributed by atoms with van der Waals surface area (Å²) in [6, 6.07) is 8.18. The maximum atomic E-state index is 12.8. The number of rotatable bonds is 2. The van der Waals surface area contributed by atoms with Crippen LogP contribution in [0.3, 0.4) is 0 Å². The topological polar surface area (TPSA) is 84.5 Å². The standard InChI is InChI=1S/C15H7ClN2O4S/c16-7-3-4-9-8(6-7)11(12(19)10-2-1-5-23-10)13-18(9)14(20)17-15(21)22-13/h1-6H,(H,17,20,21). The van der Waals surface area contributed by atoms with Crippen molar-refractivity contribution in [3.8, 4) is 0 Å². The molecule has 0 saturated heterocycles. The lowest BCUT2D eigenvalue weighted by Gasteiger charge is -1.97. The molecule has 0 aliphatic heterocycles. The summed E-state index contributed by atoms with van der Waals surface area (Å²) < 4.78 is 6.27. The van der Waals surface area contributed by atoms with Gasteiger partial charge >= 0.3 is 11.4 Å². The van der Waals surface area contributed by atoms with Crippen LogP contribution in [0.15, 0.2) is 49.7 Å². The highest BCUT2D eigenvalue weighted by atomic mass is 35.5. The highest BCUT2D eigenvalue weighted by Gasteiger charge is 2.24. The molecule has 1 aromatic carbocycles. The summed E-state index contributed by atoms with van der Waals surface area (Å²) in [4.78, 5) is 39.0. The van der Waals surface area contributed by atoms with Gasteiger partial charge in [0.1, 0.15) is 0 Å². The number of aromatic nitrogens is 2. The second kappa shape index (κ2) is 4.94. The van der Waals surface area contributed by atoms with E-state index in [9.17, 15) is 14.4 Å². The number of nitrogens with one attached hydrogen (secondary N) is 1. The number of ketones is 1. The largest absolute Gasteiger partial charge is 0.422 e. The van der Waals surface area contributed by atoms with Gasteiger partial charge in [0, 0.05) is 10.4 Å². The average Bonchev–Trinajstić information content (AvgIpc) is 3.11. The van der Waals surface area contributed by atoms with E-state index in [1.165, 1.54) is 11.3 Å². The van der Waals surface area contributed by atoms with Gasteiger partial charge in [-0.1, -0.05) is 17.7 Å². The molecule has 0 atom stereocenters. The van der Waals surface area contributed by atoms with Crippen molar-refractivity contribution in [2.75, 3.05) is 0 Å². The first-order valence-corrected chi connectivity index (χ1v) is 7.77. The number of fused-ring (bicyclic) bond motifs is 3. The molecule has 0 aliphatic carbocycles. The number of carbonyl (C=O) groups is 1. The van der Waals surface area contributed by atoms with Crippen molar-refractivity contribution < 1.29 is 9.21 Å². The van der Waals surface area contributed by atoms with Gasteiger partial charge in [-0.05, 0) is 29.6 Å². The van der Waals surface area contributed by atoms with E-state index in [0.29, 0.717) is 20.8 Å². The van der Waals surface area contributed by atoms with Crippen LogP contribution >= 0.6 is 22.9 Å². The smallest absolute Gasteiger partial charge is 0.391 e. The first-order chi connectivity index (χ1) is 11.1. The monoisotopic (exact) mass is 346 g/mol. The zero-order chi connectivity index (χ0) is 16.1. The maximum absolute atomic E-state index is 12.8. The Kier molecular flexibility index (Phi) is 3.00. The SMILES string of the molecule is O=C(c1cccs1)c1c2cc(Cl)ccc2n2c(=O)[nH]c(=O)oc12.